The van der Waals surface area contributed by atoms with Crippen molar-refractivity contribution in [2.45, 2.75) is 25.9 Å². The lowest BCUT2D eigenvalue weighted by molar-refractivity contribution is -0.125. The average molecular weight is 481 g/mol. The lowest BCUT2D eigenvalue weighted by atomic mass is 9.93. The molecule has 6 nitrogen and oxygen atoms in total. The number of hydrogen-bond donors (Lipinski definition) is 1. The average Bonchev–Trinajstić information content (AvgIpc) is 3.19. The maximum Gasteiger partial charge on any atom is 0.253 e. The summed E-state index contributed by atoms with van der Waals surface area (Å²) in [5.41, 5.74) is 3.82. The molecule has 33 heavy (non-hydrogen) atoms. The van der Waals surface area contributed by atoms with Gasteiger partial charge in [0.15, 0.2) is 5.17 Å². The van der Waals surface area contributed by atoms with Crippen molar-refractivity contribution in [1.29, 1.82) is 0 Å². The molecule has 0 aromatic heterocycles. The molecule has 8 heteroatoms. The molecule has 2 aliphatic rings. The Morgan fingerprint density at radius 3 is 2.52 bits per heavy atom. The van der Waals surface area contributed by atoms with Gasteiger partial charge in [-0.15, -0.1) is 0 Å². The molecule has 2 aromatic rings. The topological polar surface area (TPSA) is 65.0 Å². The van der Waals surface area contributed by atoms with Crippen molar-refractivity contribution in [3.8, 4) is 0 Å². The monoisotopic (exact) mass is 480 g/mol. The zero-order chi connectivity index (χ0) is 23.5. The maximum absolute atomic E-state index is 13.2. The molecule has 0 fully saturated rings. The highest BCUT2D eigenvalue weighted by atomic mass is 35.5. The van der Waals surface area contributed by atoms with Crippen LogP contribution in [0.4, 0.5) is 0 Å². The van der Waals surface area contributed by atoms with Gasteiger partial charge >= 0.3 is 0 Å². The van der Waals surface area contributed by atoms with Gasteiger partial charge in [0.2, 0.25) is 5.91 Å². The summed E-state index contributed by atoms with van der Waals surface area (Å²) >= 11 is 8.05. The Morgan fingerprint density at radius 2 is 1.82 bits per heavy atom. The second-order valence-electron chi connectivity index (χ2n) is 8.05. The van der Waals surface area contributed by atoms with Crippen molar-refractivity contribution in [3.05, 3.63) is 93.1 Å². The minimum Gasteiger partial charge on any atom is -0.352 e. The van der Waals surface area contributed by atoms with Crippen molar-refractivity contribution in [2.24, 2.45) is 4.99 Å². The molecule has 1 unspecified atom stereocenters. The van der Waals surface area contributed by atoms with Crippen molar-refractivity contribution < 1.29 is 9.59 Å². The molecule has 0 aliphatic carbocycles. The Kier molecular flexibility index (Phi) is 6.91. The minimum atomic E-state index is -0.468. The molecule has 0 saturated heterocycles. The number of carbonyl (C=O) groups is 2. The number of fused-ring (bicyclic) bond motifs is 1. The zero-order valence-electron chi connectivity index (χ0n) is 18.7. The number of likely N-dealkylation sites (N-methyl/N-ethyl adjacent to an activating group) is 1. The van der Waals surface area contributed by atoms with E-state index in [-0.39, 0.29) is 18.2 Å². The van der Waals surface area contributed by atoms with Crippen LogP contribution in [0.15, 0.2) is 82.0 Å². The van der Waals surface area contributed by atoms with Gasteiger partial charge in [0.1, 0.15) is 0 Å². The zero-order valence-corrected chi connectivity index (χ0v) is 20.3. The quantitative estimate of drug-likeness (QED) is 0.650. The number of halogens is 1. The van der Waals surface area contributed by atoms with Crippen molar-refractivity contribution in [1.82, 2.24) is 15.1 Å². The van der Waals surface area contributed by atoms with Gasteiger partial charge in [-0.3, -0.25) is 9.59 Å². The second kappa shape index (κ2) is 9.85. The highest BCUT2D eigenvalue weighted by Crippen LogP contribution is 2.46. The van der Waals surface area contributed by atoms with Gasteiger partial charge in [-0.25, -0.2) is 4.99 Å². The first-order valence-electron chi connectivity index (χ1n) is 10.6. The van der Waals surface area contributed by atoms with Crippen molar-refractivity contribution in [3.63, 3.8) is 0 Å². The Morgan fingerprint density at radius 1 is 1.12 bits per heavy atom. The summed E-state index contributed by atoms with van der Waals surface area (Å²) in [6, 6.07) is 16.8. The molecule has 2 aliphatic heterocycles. The van der Waals surface area contributed by atoms with Gasteiger partial charge in [0, 0.05) is 31.4 Å². The number of aliphatic imine (C=N–C) groups is 1. The van der Waals surface area contributed by atoms with Crippen LogP contribution in [0.1, 0.15) is 30.5 Å². The molecule has 2 aromatic carbocycles. The van der Waals surface area contributed by atoms with E-state index in [9.17, 15) is 9.59 Å². The number of allylic oxidation sites excluding steroid dienone is 1. The summed E-state index contributed by atoms with van der Waals surface area (Å²) < 4.78 is 0. The van der Waals surface area contributed by atoms with E-state index in [2.05, 4.69) is 5.32 Å². The summed E-state index contributed by atoms with van der Waals surface area (Å²) in [5.74, 6) is -0.235. The predicted molar refractivity (Wildman–Crippen MR) is 133 cm³/mol. The van der Waals surface area contributed by atoms with Crippen LogP contribution >= 0.6 is 23.4 Å². The first-order chi connectivity index (χ1) is 15.9. The molecule has 1 atom stereocenters. The Labute approximate surface area is 203 Å². The van der Waals surface area contributed by atoms with Crippen LogP contribution in [-0.4, -0.2) is 40.9 Å². The van der Waals surface area contributed by atoms with Gasteiger partial charge in [-0.1, -0.05) is 71.9 Å². The SMILES string of the molecule is CC1=C(C(=O)N(C)C)C(c2ccccc2Cl)N2C(CC(=O)NCc3ccccc3)=CSC2=N1. The highest BCUT2D eigenvalue weighted by molar-refractivity contribution is 8.16. The maximum atomic E-state index is 13.2. The van der Waals surface area contributed by atoms with E-state index in [0.717, 1.165) is 22.0 Å². The number of nitrogens with one attached hydrogen (secondary N) is 1. The minimum absolute atomic E-state index is 0.100. The van der Waals surface area contributed by atoms with Crippen LogP contribution in [0.2, 0.25) is 5.02 Å². The van der Waals surface area contributed by atoms with Gasteiger partial charge in [-0.05, 0) is 29.5 Å². The number of carbonyl (C=O) groups excluding carboxylic acids is 2. The van der Waals surface area contributed by atoms with E-state index in [0.29, 0.717) is 22.8 Å². The smallest absolute Gasteiger partial charge is 0.253 e. The van der Waals surface area contributed by atoms with Gasteiger partial charge in [0.25, 0.3) is 5.91 Å². The van der Waals surface area contributed by atoms with Crippen LogP contribution in [0, 0.1) is 0 Å². The number of thioether (sulfide) groups is 1. The van der Waals surface area contributed by atoms with Gasteiger partial charge < -0.3 is 15.1 Å². The van der Waals surface area contributed by atoms with Crippen LogP contribution < -0.4 is 5.32 Å². The van der Waals surface area contributed by atoms with Crippen LogP contribution in [0.5, 0.6) is 0 Å². The number of nitrogens with zero attached hydrogens (tertiary/aromatic N) is 3. The summed E-state index contributed by atoms with van der Waals surface area (Å²) in [5, 5.41) is 6.21. The molecule has 0 bridgehead atoms. The number of benzene rings is 2. The standard InChI is InChI=1S/C25H25ClN4O2S/c1-16-22(24(32)29(2)3)23(19-11-7-8-12-20(19)26)30-18(15-33-25(30)28-16)13-21(31)27-14-17-9-5-4-6-10-17/h4-12,15,23H,13-14H2,1-3H3,(H,27,31). The highest BCUT2D eigenvalue weighted by Gasteiger charge is 2.41. The molecule has 2 heterocycles. The normalized spacial score (nSPS) is 17.3. The second-order valence-corrected chi connectivity index (χ2v) is 9.30. The Hall–Kier alpha value is -3.03. The molecular formula is C25H25ClN4O2S. The lowest BCUT2D eigenvalue weighted by Crippen LogP contribution is -2.40. The largest absolute Gasteiger partial charge is 0.352 e. The molecule has 0 radical (unpaired) electrons. The van der Waals surface area contributed by atoms with E-state index < -0.39 is 6.04 Å². The fourth-order valence-corrected chi connectivity index (χ4v) is 5.10. The summed E-state index contributed by atoms with van der Waals surface area (Å²) in [7, 11) is 3.44. The van der Waals surface area contributed by atoms with Gasteiger partial charge in [0.05, 0.1) is 23.7 Å². The molecule has 0 spiro atoms. The third-order valence-electron chi connectivity index (χ3n) is 5.51. The molecule has 0 saturated carbocycles. The number of rotatable bonds is 6. The number of hydrogen-bond acceptors (Lipinski definition) is 5. The third kappa shape index (κ3) is 4.84. The Balaban J connectivity index is 1.64. The number of amidine groups is 1. The summed E-state index contributed by atoms with van der Waals surface area (Å²) in [4.78, 5) is 34.2. The first kappa shape index (κ1) is 23.1. The molecule has 2 amide bonds. The predicted octanol–water partition coefficient (Wildman–Crippen LogP) is 4.71. The van der Waals surface area contributed by atoms with Crippen LogP contribution in [-0.2, 0) is 16.1 Å². The molecule has 1 N–H and O–H groups in total. The molecule has 170 valence electrons. The van der Waals surface area contributed by atoms with Crippen LogP contribution in [0.25, 0.3) is 0 Å². The van der Waals surface area contributed by atoms with Crippen LogP contribution in [0.3, 0.4) is 0 Å². The molecule has 4 rings (SSSR count). The number of amides is 2. The van der Waals surface area contributed by atoms with E-state index >= 15 is 0 Å². The fraction of sp³-hybridized carbons (Fsp3) is 0.240. The van der Waals surface area contributed by atoms with Gasteiger partial charge in [-0.2, -0.15) is 0 Å². The van der Waals surface area contributed by atoms with E-state index in [1.165, 1.54) is 11.8 Å². The fourth-order valence-electron chi connectivity index (χ4n) is 3.90. The van der Waals surface area contributed by atoms with E-state index in [4.69, 9.17) is 16.6 Å². The summed E-state index contributed by atoms with van der Waals surface area (Å²) in [6.45, 7) is 2.30. The molecular weight excluding hydrogens is 456 g/mol. The first-order valence-corrected chi connectivity index (χ1v) is 11.8. The Bertz CT molecular complexity index is 1170. The van der Waals surface area contributed by atoms with Crippen molar-refractivity contribution in [2.75, 3.05) is 14.1 Å². The van der Waals surface area contributed by atoms with E-state index in [1.807, 2.05) is 71.8 Å². The van der Waals surface area contributed by atoms with E-state index in [1.54, 1.807) is 19.0 Å². The third-order valence-corrected chi connectivity index (χ3v) is 6.74. The lowest BCUT2D eigenvalue weighted by Gasteiger charge is -2.37. The summed E-state index contributed by atoms with van der Waals surface area (Å²) in [6.07, 6.45) is 0.169. The van der Waals surface area contributed by atoms with Crippen molar-refractivity contribution >= 4 is 40.3 Å².